The highest BCUT2D eigenvalue weighted by Crippen LogP contribution is 2.26. The van der Waals surface area contributed by atoms with Crippen LogP contribution in [0.5, 0.6) is 0 Å². The van der Waals surface area contributed by atoms with Crippen molar-refractivity contribution in [2.45, 2.75) is 63.6 Å². The molecule has 0 spiro atoms. The lowest BCUT2D eigenvalue weighted by atomic mass is 9.82. The summed E-state index contributed by atoms with van der Waals surface area (Å²) >= 11 is 0. The van der Waals surface area contributed by atoms with Crippen LogP contribution in [0.4, 0.5) is 0 Å². The largest absolute Gasteiger partial charge is 0.350 e. The van der Waals surface area contributed by atoms with E-state index in [0.717, 1.165) is 49.8 Å². The first-order valence-electron chi connectivity index (χ1n) is 9.00. The standard InChI is InChI=1S/C19H27N3O2/c20-19(10-2-1-3-11-19)18(24)21-13-15-6-8-16(9-7-15)14-22-12-4-5-17(22)23/h6-9H,1-5,10-14,20H2,(H,21,24). The van der Waals surface area contributed by atoms with Gasteiger partial charge in [-0.05, 0) is 30.4 Å². The van der Waals surface area contributed by atoms with E-state index in [0.29, 0.717) is 19.5 Å². The van der Waals surface area contributed by atoms with Crippen LogP contribution in [0.2, 0.25) is 0 Å². The zero-order valence-electron chi connectivity index (χ0n) is 14.2. The number of nitrogens with two attached hydrogens (primary N) is 1. The van der Waals surface area contributed by atoms with Crippen LogP contribution in [0.15, 0.2) is 24.3 Å². The molecule has 0 unspecified atom stereocenters. The molecule has 1 aliphatic heterocycles. The van der Waals surface area contributed by atoms with E-state index in [2.05, 4.69) is 5.32 Å². The second-order valence-electron chi connectivity index (χ2n) is 7.13. The molecule has 2 amide bonds. The first-order valence-corrected chi connectivity index (χ1v) is 9.00. The predicted molar refractivity (Wildman–Crippen MR) is 92.9 cm³/mol. The van der Waals surface area contributed by atoms with Gasteiger partial charge < -0.3 is 16.0 Å². The Bertz CT molecular complexity index is 591. The third-order valence-electron chi connectivity index (χ3n) is 5.22. The van der Waals surface area contributed by atoms with Gasteiger partial charge in [0.15, 0.2) is 0 Å². The maximum absolute atomic E-state index is 12.3. The Kier molecular flexibility index (Phi) is 5.19. The number of nitrogens with zero attached hydrogens (tertiary/aromatic N) is 1. The summed E-state index contributed by atoms with van der Waals surface area (Å²) in [4.78, 5) is 25.9. The van der Waals surface area contributed by atoms with Crippen molar-refractivity contribution < 1.29 is 9.59 Å². The van der Waals surface area contributed by atoms with Crippen molar-refractivity contribution in [1.82, 2.24) is 10.2 Å². The lowest BCUT2D eigenvalue weighted by molar-refractivity contribution is -0.128. The van der Waals surface area contributed by atoms with E-state index in [1.54, 1.807) is 0 Å². The highest BCUT2D eigenvalue weighted by Gasteiger charge is 2.34. The number of carbonyl (C=O) groups excluding carboxylic acids is 2. The normalized spacial score (nSPS) is 20.2. The Hall–Kier alpha value is -1.88. The van der Waals surface area contributed by atoms with E-state index in [-0.39, 0.29) is 11.8 Å². The van der Waals surface area contributed by atoms with E-state index in [1.165, 1.54) is 6.42 Å². The lowest BCUT2D eigenvalue weighted by Crippen LogP contribution is -2.54. The summed E-state index contributed by atoms with van der Waals surface area (Å²) in [6.45, 7) is 2.04. The second-order valence-corrected chi connectivity index (χ2v) is 7.13. The van der Waals surface area contributed by atoms with Crippen molar-refractivity contribution in [3.05, 3.63) is 35.4 Å². The number of nitrogens with one attached hydrogen (secondary N) is 1. The first-order chi connectivity index (χ1) is 11.6. The van der Waals surface area contributed by atoms with Gasteiger partial charge in [0.05, 0.1) is 5.54 Å². The molecule has 0 atom stereocenters. The van der Waals surface area contributed by atoms with Crippen molar-refractivity contribution >= 4 is 11.8 Å². The van der Waals surface area contributed by atoms with Crippen LogP contribution >= 0.6 is 0 Å². The molecule has 1 saturated carbocycles. The molecule has 1 aromatic rings. The summed E-state index contributed by atoms with van der Waals surface area (Å²) in [5, 5.41) is 2.98. The van der Waals surface area contributed by atoms with Crippen molar-refractivity contribution in [3.63, 3.8) is 0 Å². The predicted octanol–water partition coefficient (Wildman–Crippen LogP) is 2.09. The molecular weight excluding hydrogens is 302 g/mol. The van der Waals surface area contributed by atoms with Crippen LogP contribution in [0, 0.1) is 0 Å². The number of hydrogen-bond acceptors (Lipinski definition) is 3. The quantitative estimate of drug-likeness (QED) is 0.868. The molecule has 0 aromatic heterocycles. The molecule has 1 saturated heterocycles. The Morgan fingerprint density at radius 1 is 1.08 bits per heavy atom. The molecule has 2 fully saturated rings. The number of rotatable bonds is 5. The van der Waals surface area contributed by atoms with Crippen molar-refractivity contribution in [3.8, 4) is 0 Å². The monoisotopic (exact) mass is 329 g/mol. The SMILES string of the molecule is NC1(C(=O)NCc2ccc(CN3CCCC3=O)cc2)CCCCC1. The van der Waals surface area contributed by atoms with Crippen LogP contribution in [0.1, 0.15) is 56.1 Å². The second kappa shape index (κ2) is 7.34. The molecular formula is C19H27N3O2. The molecule has 1 heterocycles. The average molecular weight is 329 g/mol. The van der Waals surface area contributed by atoms with E-state index in [9.17, 15) is 9.59 Å². The third-order valence-corrected chi connectivity index (χ3v) is 5.22. The topological polar surface area (TPSA) is 75.4 Å². The van der Waals surface area contributed by atoms with Gasteiger partial charge >= 0.3 is 0 Å². The Morgan fingerprint density at radius 2 is 1.75 bits per heavy atom. The molecule has 1 aliphatic carbocycles. The highest BCUT2D eigenvalue weighted by atomic mass is 16.2. The molecule has 5 nitrogen and oxygen atoms in total. The smallest absolute Gasteiger partial charge is 0.240 e. The van der Waals surface area contributed by atoms with Gasteiger partial charge in [-0.25, -0.2) is 0 Å². The maximum Gasteiger partial charge on any atom is 0.240 e. The van der Waals surface area contributed by atoms with Gasteiger partial charge in [0, 0.05) is 26.1 Å². The van der Waals surface area contributed by atoms with E-state index >= 15 is 0 Å². The van der Waals surface area contributed by atoms with Crippen LogP contribution < -0.4 is 11.1 Å². The lowest BCUT2D eigenvalue weighted by Gasteiger charge is -2.31. The fourth-order valence-electron chi connectivity index (χ4n) is 3.62. The van der Waals surface area contributed by atoms with Gasteiger partial charge in [-0.2, -0.15) is 0 Å². The molecule has 3 N–H and O–H groups in total. The molecule has 130 valence electrons. The van der Waals surface area contributed by atoms with Crippen LogP contribution in [0.3, 0.4) is 0 Å². The average Bonchev–Trinajstić information content (AvgIpc) is 2.99. The fourth-order valence-corrected chi connectivity index (χ4v) is 3.62. The van der Waals surface area contributed by atoms with E-state index < -0.39 is 5.54 Å². The number of benzene rings is 1. The zero-order chi connectivity index (χ0) is 17.0. The van der Waals surface area contributed by atoms with Gasteiger partial charge in [-0.1, -0.05) is 43.5 Å². The minimum atomic E-state index is -0.686. The summed E-state index contributed by atoms with van der Waals surface area (Å²) in [6, 6.07) is 8.10. The Balaban J connectivity index is 1.50. The van der Waals surface area contributed by atoms with Gasteiger partial charge in [-0.3, -0.25) is 9.59 Å². The van der Waals surface area contributed by atoms with Gasteiger partial charge in [0.25, 0.3) is 0 Å². The molecule has 3 rings (SSSR count). The zero-order valence-corrected chi connectivity index (χ0v) is 14.2. The summed E-state index contributed by atoms with van der Waals surface area (Å²) in [6.07, 6.45) is 6.44. The number of hydrogen-bond donors (Lipinski definition) is 2. The highest BCUT2D eigenvalue weighted by molar-refractivity contribution is 5.86. The van der Waals surface area contributed by atoms with Crippen molar-refractivity contribution in [2.24, 2.45) is 5.73 Å². The minimum Gasteiger partial charge on any atom is -0.350 e. The van der Waals surface area contributed by atoms with Gasteiger partial charge in [0.1, 0.15) is 0 Å². The summed E-state index contributed by atoms with van der Waals surface area (Å²) in [5.74, 6) is 0.209. The molecule has 5 heteroatoms. The fraction of sp³-hybridized carbons (Fsp3) is 0.579. The summed E-state index contributed by atoms with van der Waals surface area (Å²) < 4.78 is 0. The van der Waals surface area contributed by atoms with Crippen LogP contribution in [0.25, 0.3) is 0 Å². The summed E-state index contributed by atoms with van der Waals surface area (Å²) in [5.41, 5.74) is 7.74. The van der Waals surface area contributed by atoms with Crippen LogP contribution in [-0.4, -0.2) is 28.8 Å². The molecule has 0 bridgehead atoms. The minimum absolute atomic E-state index is 0.0334. The molecule has 1 aromatic carbocycles. The van der Waals surface area contributed by atoms with E-state index in [4.69, 9.17) is 5.73 Å². The van der Waals surface area contributed by atoms with Crippen molar-refractivity contribution in [1.29, 1.82) is 0 Å². The number of likely N-dealkylation sites (tertiary alicyclic amines) is 1. The molecule has 2 aliphatic rings. The summed E-state index contributed by atoms with van der Waals surface area (Å²) in [7, 11) is 0. The first kappa shape index (κ1) is 17.0. The third kappa shape index (κ3) is 3.96. The number of carbonyl (C=O) groups is 2. The van der Waals surface area contributed by atoms with Gasteiger partial charge in [0.2, 0.25) is 11.8 Å². The Morgan fingerprint density at radius 3 is 2.38 bits per heavy atom. The van der Waals surface area contributed by atoms with Crippen molar-refractivity contribution in [2.75, 3.05) is 6.54 Å². The molecule has 0 radical (unpaired) electrons. The maximum atomic E-state index is 12.3. The molecule has 24 heavy (non-hydrogen) atoms. The van der Waals surface area contributed by atoms with Crippen LogP contribution in [-0.2, 0) is 22.7 Å². The van der Waals surface area contributed by atoms with Gasteiger partial charge in [-0.15, -0.1) is 0 Å². The Labute approximate surface area is 143 Å². The number of amides is 2. The van der Waals surface area contributed by atoms with E-state index in [1.807, 2.05) is 29.2 Å².